The lowest BCUT2D eigenvalue weighted by Crippen LogP contribution is -2.60. The van der Waals surface area contributed by atoms with Gasteiger partial charge < -0.3 is 19.9 Å². The molecule has 0 aliphatic carbocycles. The number of urea groups is 1. The highest BCUT2D eigenvalue weighted by atomic mass is 19.1. The highest BCUT2D eigenvalue weighted by Gasteiger charge is 2.38. The van der Waals surface area contributed by atoms with Crippen molar-refractivity contribution in [2.24, 2.45) is 5.92 Å². The van der Waals surface area contributed by atoms with E-state index in [2.05, 4.69) is 5.32 Å². The fraction of sp³-hybridized carbons (Fsp3) is 0.333. The molecule has 0 aromatic heterocycles. The van der Waals surface area contributed by atoms with Crippen LogP contribution in [0.1, 0.15) is 13.8 Å². The number of rotatable bonds is 4. The Kier molecular flexibility index (Phi) is 5.82. The van der Waals surface area contributed by atoms with Crippen LogP contribution in [0.5, 0.6) is 11.5 Å². The fourth-order valence-electron chi connectivity index (χ4n) is 3.23. The summed E-state index contributed by atoms with van der Waals surface area (Å²) in [6, 6.07) is 12.0. The largest absolute Gasteiger partial charge is 0.452 e. The van der Waals surface area contributed by atoms with Crippen molar-refractivity contribution >= 4 is 17.6 Å². The number of para-hydroxylation sites is 3. The van der Waals surface area contributed by atoms with Crippen molar-refractivity contribution < 1.29 is 18.7 Å². The molecule has 1 saturated heterocycles. The first-order valence-corrected chi connectivity index (χ1v) is 9.22. The number of nitrogens with zero attached hydrogens (tertiary/aromatic N) is 2. The van der Waals surface area contributed by atoms with Crippen LogP contribution >= 0.6 is 0 Å². The molecule has 7 heteroatoms. The summed E-state index contributed by atoms with van der Waals surface area (Å²) < 4.78 is 19.6. The highest BCUT2D eigenvalue weighted by molar-refractivity contribution is 5.95. The maximum Gasteiger partial charge on any atom is 0.322 e. The van der Waals surface area contributed by atoms with Crippen molar-refractivity contribution in [1.82, 2.24) is 9.80 Å². The van der Waals surface area contributed by atoms with Crippen LogP contribution in [0.4, 0.5) is 14.9 Å². The van der Waals surface area contributed by atoms with Crippen molar-refractivity contribution in [3.63, 3.8) is 0 Å². The van der Waals surface area contributed by atoms with E-state index < -0.39 is 11.9 Å². The third-order valence-electron chi connectivity index (χ3n) is 4.72. The highest BCUT2D eigenvalue weighted by Crippen LogP contribution is 2.31. The fourth-order valence-corrected chi connectivity index (χ4v) is 3.23. The Hall–Kier alpha value is -3.09. The van der Waals surface area contributed by atoms with Gasteiger partial charge in [0.05, 0.1) is 5.69 Å². The lowest BCUT2D eigenvalue weighted by Gasteiger charge is -2.40. The number of hydrogen-bond acceptors (Lipinski definition) is 3. The van der Waals surface area contributed by atoms with E-state index in [1.54, 1.807) is 53.2 Å². The topological polar surface area (TPSA) is 61.9 Å². The molecule has 28 heavy (non-hydrogen) atoms. The van der Waals surface area contributed by atoms with Crippen LogP contribution in [0.25, 0.3) is 0 Å². The number of amides is 3. The number of carbonyl (C=O) groups is 2. The first-order chi connectivity index (χ1) is 13.4. The second-order valence-corrected chi connectivity index (χ2v) is 7.10. The van der Waals surface area contributed by atoms with E-state index in [1.165, 1.54) is 12.1 Å². The summed E-state index contributed by atoms with van der Waals surface area (Å²) in [6.45, 7) is 4.74. The van der Waals surface area contributed by atoms with E-state index in [9.17, 15) is 14.0 Å². The quantitative estimate of drug-likeness (QED) is 0.867. The zero-order valence-corrected chi connectivity index (χ0v) is 16.2. The molecule has 2 aromatic rings. The second kappa shape index (κ2) is 8.29. The van der Waals surface area contributed by atoms with Gasteiger partial charge >= 0.3 is 6.03 Å². The van der Waals surface area contributed by atoms with Gasteiger partial charge in [-0.15, -0.1) is 0 Å². The van der Waals surface area contributed by atoms with Crippen LogP contribution in [0, 0.1) is 11.7 Å². The molecule has 0 spiro atoms. The van der Waals surface area contributed by atoms with Gasteiger partial charge in [0.1, 0.15) is 6.04 Å². The number of anilines is 1. The van der Waals surface area contributed by atoms with Gasteiger partial charge in [-0.25, -0.2) is 9.18 Å². The summed E-state index contributed by atoms with van der Waals surface area (Å²) in [4.78, 5) is 28.6. The van der Waals surface area contributed by atoms with Crippen LogP contribution in [0.3, 0.4) is 0 Å². The molecule has 0 bridgehead atoms. The van der Waals surface area contributed by atoms with Crippen LogP contribution in [-0.4, -0.2) is 47.9 Å². The molecule has 148 valence electrons. The average molecular weight is 385 g/mol. The van der Waals surface area contributed by atoms with E-state index >= 15 is 0 Å². The van der Waals surface area contributed by atoms with E-state index in [0.717, 1.165) is 0 Å². The number of likely N-dealkylation sites (N-methyl/N-ethyl adjacent to an activating group) is 1. The number of ether oxygens (including phenoxy) is 1. The van der Waals surface area contributed by atoms with Crippen molar-refractivity contribution in [2.45, 2.75) is 19.9 Å². The maximum absolute atomic E-state index is 13.9. The second-order valence-electron chi connectivity index (χ2n) is 7.10. The lowest BCUT2D eigenvalue weighted by atomic mass is 9.99. The van der Waals surface area contributed by atoms with Gasteiger partial charge in [-0.3, -0.25) is 4.79 Å². The molecule has 3 rings (SSSR count). The van der Waals surface area contributed by atoms with Crippen molar-refractivity contribution in [1.29, 1.82) is 0 Å². The Bertz CT molecular complexity index is 871. The Labute approximate surface area is 163 Å². The van der Waals surface area contributed by atoms with E-state index in [1.807, 2.05) is 13.8 Å². The third-order valence-corrected chi connectivity index (χ3v) is 4.72. The number of halogens is 1. The summed E-state index contributed by atoms with van der Waals surface area (Å²) in [5.41, 5.74) is 0.407. The Morgan fingerprint density at radius 3 is 2.43 bits per heavy atom. The Morgan fingerprint density at radius 2 is 1.75 bits per heavy atom. The van der Waals surface area contributed by atoms with Gasteiger partial charge in [-0.05, 0) is 30.2 Å². The van der Waals surface area contributed by atoms with Crippen LogP contribution in [0.15, 0.2) is 48.5 Å². The summed E-state index contributed by atoms with van der Waals surface area (Å²) in [5, 5.41) is 2.81. The van der Waals surface area contributed by atoms with Crippen molar-refractivity contribution in [2.75, 3.05) is 25.5 Å². The number of hydrogen-bond donors (Lipinski definition) is 1. The Balaban J connectivity index is 1.81. The standard InChI is InChI=1S/C21H24FN3O3/c1-14(2)19-20(26)24(3)12-13-25(19)21(27)23-16-9-5-7-11-18(16)28-17-10-6-4-8-15(17)22/h4-11,14,19H,12-13H2,1-3H3,(H,23,27)/t19-/m1/s1. The molecule has 0 saturated carbocycles. The summed E-state index contributed by atoms with van der Waals surface area (Å²) in [7, 11) is 1.74. The minimum atomic E-state index is -0.529. The summed E-state index contributed by atoms with van der Waals surface area (Å²) in [5.74, 6) is -0.201. The number of benzene rings is 2. The van der Waals surface area contributed by atoms with Gasteiger partial charge in [0.15, 0.2) is 17.3 Å². The molecular weight excluding hydrogens is 361 g/mol. The molecule has 1 aliphatic heterocycles. The normalized spacial score (nSPS) is 17.0. The van der Waals surface area contributed by atoms with E-state index in [0.29, 0.717) is 24.5 Å². The first-order valence-electron chi connectivity index (χ1n) is 9.22. The predicted molar refractivity (Wildman–Crippen MR) is 105 cm³/mol. The minimum absolute atomic E-state index is 0.0223. The van der Waals surface area contributed by atoms with E-state index in [-0.39, 0.29) is 23.6 Å². The molecule has 0 unspecified atom stereocenters. The zero-order chi connectivity index (χ0) is 20.3. The molecule has 1 atom stereocenters. The summed E-state index contributed by atoms with van der Waals surface area (Å²) >= 11 is 0. The number of nitrogens with one attached hydrogen (secondary N) is 1. The molecule has 6 nitrogen and oxygen atoms in total. The van der Waals surface area contributed by atoms with Crippen LogP contribution in [-0.2, 0) is 4.79 Å². The maximum atomic E-state index is 13.9. The van der Waals surface area contributed by atoms with Crippen molar-refractivity contribution in [3.8, 4) is 11.5 Å². The minimum Gasteiger partial charge on any atom is -0.452 e. The third kappa shape index (κ3) is 4.08. The molecule has 1 N–H and O–H groups in total. The van der Waals surface area contributed by atoms with Gasteiger partial charge in [0.25, 0.3) is 0 Å². The molecule has 3 amide bonds. The monoisotopic (exact) mass is 385 g/mol. The SMILES string of the molecule is CC(C)[C@@H]1C(=O)N(C)CCN1C(=O)Nc1ccccc1Oc1ccccc1F. The molecule has 1 heterocycles. The number of carbonyl (C=O) groups excluding carboxylic acids is 2. The first kappa shape index (κ1) is 19.7. The molecule has 1 aliphatic rings. The smallest absolute Gasteiger partial charge is 0.322 e. The number of piperazine rings is 1. The molecule has 2 aromatic carbocycles. The van der Waals surface area contributed by atoms with Crippen LogP contribution in [0.2, 0.25) is 0 Å². The van der Waals surface area contributed by atoms with Crippen molar-refractivity contribution in [3.05, 3.63) is 54.3 Å². The van der Waals surface area contributed by atoms with Gasteiger partial charge in [0.2, 0.25) is 5.91 Å². The van der Waals surface area contributed by atoms with Gasteiger partial charge in [-0.2, -0.15) is 0 Å². The zero-order valence-electron chi connectivity index (χ0n) is 16.2. The van der Waals surface area contributed by atoms with Gasteiger partial charge in [0, 0.05) is 20.1 Å². The lowest BCUT2D eigenvalue weighted by molar-refractivity contribution is -0.139. The molecule has 0 radical (unpaired) electrons. The molecular formula is C21H24FN3O3. The van der Waals surface area contributed by atoms with E-state index in [4.69, 9.17) is 4.74 Å². The summed E-state index contributed by atoms with van der Waals surface area (Å²) in [6.07, 6.45) is 0. The van der Waals surface area contributed by atoms with Gasteiger partial charge in [-0.1, -0.05) is 38.1 Å². The predicted octanol–water partition coefficient (Wildman–Crippen LogP) is 3.95. The van der Waals surface area contributed by atoms with Crippen LogP contribution < -0.4 is 10.1 Å². The Morgan fingerprint density at radius 1 is 1.11 bits per heavy atom. The average Bonchev–Trinajstić information content (AvgIpc) is 2.66. The molecule has 1 fully saturated rings.